The predicted octanol–water partition coefficient (Wildman–Crippen LogP) is 2.48. The molecule has 0 fully saturated rings. The molecule has 0 unspecified atom stereocenters. The summed E-state index contributed by atoms with van der Waals surface area (Å²) in [5, 5.41) is 3.13. The molecule has 0 aliphatic rings. The van der Waals surface area contributed by atoms with Gasteiger partial charge in [0.25, 0.3) is 0 Å². The van der Waals surface area contributed by atoms with Gasteiger partial charge in [0.15, 0.2) is 6.29 Å². The van der Waals surface area contributed by atoms with Gasteiger partial charge in [-0.3, -0.25) is 0 Å². The van der Waals surface area contributed by atoms with Crippen LogP contribution in [0, 0.1) is 0 Å². The van der Waals surface area contributed by atoms with Crippen molar-refractivity contribution < 1.29 is 9.47 Å². The van der Waals surface area contributed by atoms with Crippen LogP contribution in [0.15, 0.2) is 24.3 Å². The van der Waals surface area contributed by atoms with Gasteiger partial charge in [0, 0.05) is 25.3 Å². The van der Waals surface area contributed by atoms with Crippen LogP contribution in [0.25, 0.3) is 0 Å². The molecule has 0 aliphatic heterocycles. The Labute approximate surface area is 97.8 Å². The van der Waals surface area contributed by atoms with Gasteiger partial charge < -0.3 is 14.8 Å². The van der Waals surface area contributed by atoms with E-state index in [4.69, 9.17) is 9.47 Å². The van der Waals surface area contributed by atoms with Crippen molar-refractivity contribution in [2.24, 2.45) is 0 Å². The lowest BCUT2D eigenvalue weighted by atomic mass is 10.1. The van der Waals surface area contributed by atoms with Crippen LogP contribution >= 0.6 is 0 Å². The molecule has 0 radical (unpaired) electrons. The second kappa shape index (κ2) is 7.39. The molecule has 0 spiro atoms. The molecule has 1 aromatic carbocycles. The maximum Gasteiger partial charge on any atom is 0.183 e. The first-order chi connectivity index (χ1) is 7.81. The first-order valence-electron chi connectivity index (χ1n) is 5.78. The van der Waals surface area contributed by atoms with Gasteiger partial charge in [-0.15, -0.1) is 0 Å². The lowest BCUT2D eigenvalue weighted by Gasteiger charge is -2.17. The highest BCUT2D eigenvalue weighted by atomic mass is 16.7. The Morgan fingerprint density at radius 1 is 1.19 bits per heavy atom. The van der Waals surface area contributed by atoms with Crippen molar-refractivity contribution in [1.29, 1.82) is 0 Å². The maximum absolute atomic E-state index is 5.56. The molecule has 0 saturated carbocycles. The third-order valence-corrected chi connectivity index (χ3v) is 2.24. The molecule has 0 atom stereocenters. The fraction of sp³-hybridized carbons (Fsp3) is 0.538. The number of hydrogen-bond acceptors (Lipinski definition) is 3. The van der Waals surface area contributed by atoms with Crippen molar-refractivity contribution in [3.8, 4) is 0 Å². The van der Waals surface area contributed by atoms with Crippen LogP contribution in [0.2, 0.25) is 0 Å². The fourth-order valence-electron chi connectivity index (χ4n) is 1.60. The second-order valence-corrected chi connectivity index (χ2v) is 3.52. The average molecular weight is 223 g/mol. The molecular formula is C13H21NO2. The van der Waals surface area contributed by atoms with Gasteiger partial charge in [0.05, 0.1) is 0 Å². The molecule has 0 saturated heterocycles. The Bertz CT molecular complexity index is 296. The van der Waals surface area contributed by atoms with Crippen LogP contribution in [0.4, 0.5) is 0 Å². The number of rotatable bonds is 7. The van der Waals surface area contributed by atoms with E-state index in [0.29, 0.717) is 13.2 Å². The normalized spacial score (nSPS) is 11.0. The van der Waals surface area contributed by atoms with E-state index in [0.717, 1.165) is 12.1 Å². The molecule has 0 aromatic heterocycles. The van der Waals surface area contributed by atoms with Gasteiger partial charge in [-0.05, 0) is 32.5 Å². The Hall–Kier alpha value is -0.900. The van der Waals surface area contributed by atoms with E-state index < -0.39 is 0 Å². The molecule has 1 aromatic rings. The Morgan fingerprint density at radius 3 is 2.44 bits per heavy atom. The molecule has 0 heterocycles. The monoisotopic (exact) mass is 223 g/mol. The van der Waals surface area contributed by atoms with E-state index in [-0.39, 0.29) is 6.29 Å². The van der Waals surface area contributed by atoms with Gasteiger partial charge in [0.1, 0.15) is 0 Å². The predicted molar refractivity (Wildman–Crippen MR) is 65.2 cm³/mol. The van der Waals surface area contributed by atoms with Crippen LogP contribution < -0.4 is 5.32 Å². The number of nitrogens with one attached hydrogen (secondary N) is 1. The minimum Gasteiger partial charge on any atom is -0.349 e. The molecule has 16 heavy (non-hydrogen) atoms. The Kier molecular flexibility index (Phi) is 6.08. The Balaban J connectivity index is 2.77. The lowest BCUT2D eigenvalue weighted by molar-refractivity contribution is -0.140. The summed E-state index contributed by atoms with van der Waals surface area (Å²) in [6, 6.07) is 8.28. The second-order valence-electron chi connectivity index (χ2n) is 3.52. The number of benzene rings is 1. The highest BCUT2D eigenvalue weighted by Crippen LogP contribution is 2.19. The van der Waals surface area contributed by atoms with Crippen molar-refractivity contribution in [2.45, 2.75) is 26.7 Å². The molecule has 1 N–H and O–H groups in total. The summed E-state index contributed by atoms with van der Waals surface area (Å²) in [7, 11) is 1.94. The molecule has 3 heteroatoms. The third kappa shape index (κ3) is 3.93. The van der Waals surface area contributed by atoms with Gasteiger partial charge in [-0.1, -0.05) is 18.2 Å². The largest absolute Gasteiger partial charge is 0.349 e. The summed E-state index contributed by atoms with van der Waals surface area (Å²) in [4.78, 5) is 0. The summed E-state index contributed by atoms with van der Waals surface area (Å²) in [5.41, 5.74) is 2.32. The van der Waals surface area contributed by atoms with E-state index in [9.17, 15) is 0 Å². The zero-order valence-electron chi connectivity index (χ0n) is 10.3. The quantitative estimate of drug-likeness (QED) is 0.720. The summed E-state index contributed by atoms with van der Waals surface area (Å²) in [6.45, 7) is 6.12. The maximum atomic E-state index is 5.56. The number of hydrogen-bond donors (Lipinski definition) is 1. The van der Waals surface area contributed by atoms with Crippen LogP contribution in [-0.4, -0.2) is 20.3 Å². The topological polar surface area (TPSA) is 30.5 Å². The van der Waals surface area contributed by atoms with Crippen molar-refractivity contribution in [3.05, 3.63) is 35.4 Å². The molecule has 0 amide bonds. The molecule has 0 aliphatic carbocycles. The SMILES string of the molecule is CCOC(OCC)c1cccc(CNC)c1. The van der Waals surface area contributed by atoms with Crippen LogP contribution in [-0.2, 0) is 16.0 Å². The summed E-state index contributed by atoms with van der Waals surface area (Å²) < 4.78 is 11.1. The van der Waals surface area contributed by atoms with E-state index in [2.05, 4.69) is 17.4 Å². The Morgan fingerprint density at radius 2 is 1.88 bits per heavy atom. The number of ether oxygens (including phenoxy) is 2. The van der Waals surface area contributed by atoms with E-state index in [1.807, 2.05) is 33.0 Å². The summed E-state index contributed by atoms with van der Waals surface area (Å²) >= 11 is 0. The smallest absolute Gasteiger partial charge is 0.183 e. The minimum atomic E-state index is -0.244. The van der Waals surface area contributed by atoms with E-state index in [1.54, 1.807) is 0 Å². The van der Waals surface area contributed by atoms with E-state index >= 15 is 0 Å². The van der Waals surface area contributed by atoms with Gasteiger partial charge >= 0.3 is 0 Å². The first kappa shape index (κ1) is 13.2. The van der Waals surface area contributed by atoms with Crippen LogP contribution in [0.5, 0.6) is 0 Å². The molecule has 1 rings (SSSR count). The van der Waals surface area contributed by atoms with Crippen molar-refractivity contribution >= 4 is 0 Å². The first-order valence-corrected chi connectivity index (χ1v) is 5.78. The summed E-state index contributed by atoms with van der Waals surface area (Å²) in [5.74, 6) is 0. The molecule has 90 valence electrons. The zero-order chi connectivity index (χ0) is 11.8. The summed E-state index contributed by atoms with van der Waals surface area (Å²) in [6.07, 6.45) is -0.244. The lowest BCUT2D eigenvalue weighted by Crippen LogP contribution is -2.10. The third-order valence-electron chi connectivity index (χ3n) is 2.24. The van der Waals surface area contributed by atoms with Crippen molar-refractivity contribution in [2.75, 3.05) is 20.3 Å². The highest BCUT2D eigenvalue weighted by molar-refractivity contribution is 5.24. The molecule has 3 nitrogen and oxygen atoms in total. The van der Waals surface area contributed by atoms with Gasteiger partial charge in [-0.25, -0.2) is 0 Å². The highest BCUT2D eigenvalue weighted by Gasteiger charge is 2.10. The standard InChI is InChI=1S/C13H21NO2/c1-4-15-13(16-5-2)12-8-6-7-11(9-12)10-14-3/h6-9,13-14H,4-5,10H2,1-3H3. The van der Waals surface area contributed by atoms with E-state index in [1.165, 1.54) is 5.56 Å². The van der Waals surface area contributed by atoms with Crippen molar-refractivity contribution in [1.82, 2.24) is 5.32 Å². The fourth-order valence-corrected chi connectivity index (χ4v) is 1.60. The molecule has 0 bridgehead atoms. The van der Waals surface area contributed by atoms with Crippen molar-refractivity contribution in [3.63, 3.8) is 0 Å². The average Bonchev–Trinajstić information content (AvgIpc) is 2.30. The zero-order valence-corrected chi connectivity index (χ0v) is 10.3. The minimum absolute atomic E-state index is 0.244. The van der Waals surface area contributed by atoms with Gasteiger partial charge in [-0.2, -0.15) is 0 Å². The van der Waals surface area contributed by atoms with Crippen LogP contribution in [0.1, 0.15) is 31.3 Å². The van der Waals surface area contributed by atoms with Crippen LogP contribution in [0.3, 0.4) is 0 Å². The molecular weight excluding hydrogens is 202 g/mol. The van der Waals surface area contributed by atoms with Gasteiger partial charge in [0.2, 0.25) is 0 Å².